The van der Waals surface area contributed by atoms with Crippen molar-refractivity contribution in [3.05, 3.63) is 0 Å². The Kier molecular flexibility index (Phi) is 8.46. The van der Waals surface area contributed by atoms with Gasteiger partial charge in [0.25, 0.3) is 0 Å². The molecule has 4 N–H and O–H groups in total. The van der Waals surface area contributed by atoms with Gasteiger partial charge in [-0.2, -0.15) is 0 Å². The van der Waals surface area contributed by atoms with Crippen LogP contribution in [0.5, 0.6) is 0 Å². The van der Waals surface area contributed by atoms with Gasteiger partial charge in [-0.3, -0.25) is 9.59 Å². The number of amides is 3. The number of urea groups is 1. The van der Waals surface area contributed by atoms with E-state index in [0.29, 0.717) is 6.61 Å². The number of carboxylic acids is 2. The van der Waals surface area contributed by atoms with E-state index in [2.05, 4.69) is 5.32 Å². The quantitative estimate of drug-likeness (QED) is 0.372. The molecule has 10 heteroatoms. The lowest BCUT2D eigenvalue weighted by Gasteiger charge is -2.20. The zero-order valence-corrected chi connectivity index (χ0v) is 11.8. The molecular formula is C11H19N3O7. The van der Waals surface area contributed by atoms with E-state index in [0.717, 1.165) is 4.90 Å². The number of hydrogen-bond donors (Lipinski definition) is 4. The van der Waals surface area contributed by atoms with Crippen molar-refractivity contribution in [2.75, 3.05) is 33.9 Å². The monoisotopic (exact) mass is 305 g/mol. The molecule has 10 nitrogen and oxygen atoms in total. The van der Waals surface area contributed by atoms with Crippen LogP contribution in [0.25, 0.3) is 0 Å². The summed E-state index contributed by atoms with van der Waals surface area (Å²) in [5.74, 6) is -3.28. The normalized spacial score (nSPS) is 11.3. The topological polar surface area (TPSA) is 145 Å². The lowest BCUT2D eigenvalue weighted by molar-refractivity contribution is -0.145. The molecule has 0 aromatic heterocycles. The Bertz CT molecular complexity index is 399. The number of likely N-dealkylation sites (N-methyl/N-ethyl adjacent to an activating group) is 1. The van der Waals surface area contributed by atoms with E-state index in [1.807, 2.05) is 5.32 Å². The van der Waals surface area contributed by atoms with E-state index in [1.54, 1.807) is 0 Å². The van der Waals surface area contributed by atoms with Crippen molar-refractivity contribution in [1.29, 1.82) is 0 Å². The van der Waals surface area contributed by atoms with Gasteiger partial charge in [-0.25, -0.2) is 9.59 Å². The molecule has 0 saturated carbocycles. The zero-order valence-electron chi connectivity index (χ0n) is 11.8. The third-order valence-electron chi connectivity index (χ3n) is 2.33. The van der Waals surface area contributed by atoms with Crippen molar-refractivity contribution < 1.29 is 34.1 Å². The predicted octanol–water partition coefficient (Wildman–Crippen LogP) is -1.68. The summed E-state index contributed by atoms with van der Waals surface area (Å²) in [6.07, 6.45) is -0.755. The summed E-state index contributed by atoms with van der Waals surface area (Å²) in [5, 5.41) is 21.8. The molecule has 0 spiro atoms. The van der Waals surface area contributed by atoms with Crippen molar-refractivity contribution in [3.63, 3.8) is 0 Å². The number of methoxy groups -OCH3 is 1. The molecule has 3 amide bonds. The summed E-state index contributed by atoms with van der Waals surface area (Å²) in [7, 11) is 2.76. The van der Waals surface area contributed by atoms with Gasteiger partial charge in [0.2, 0.25) is 5.91 Å². The second kappa shape index (κ2) is 9.53. The van der Waals surface area contributed by atoms with E-state index in [-0.39, 0.29) is 13.1 Å². The number of aliphatic carboxylic acids is 2. The highest BCUT2D eigenvalue weighted by Crippen LogP contribution is 1.95. The van der Waals surface area contributed by atoms with E-state index < -0.39 is 36.3 Å². The van der Waals surface area contributed by atoms with Gasteiger partial charge >= 0.3 is 18.0 Å². The minimum Gasteiger partial charge on any atom is -0.481 e. The van der Waals surface area contributed by atoms with Crippen LogP contribution in [0.1, 0.15) is 6.42 Å². The highest BCUT2D eigenvalue weighted by Gasteiger charge is 2.24. The minimum atomic E-state index is -1.56. The molecular weight excluding hydrogens is 286 g/mol. The summed E-state index contributed by atoms with van der Waals surface area (Å²) in [5.41, 5.74) is 0. The first kappa shape index (κ1) is 18.6. The lowest BCUT2D eigenvalue weighted by atomic mass is 10.2. The summed E-state index contributed by atoms with van der Waals surface area (Å²) < 4.78 is 4.73. The van der Waals surface area contributed by atoms with Crippen LogP contribution in [0.4, 0.5) is 4.79 Å². The van der Waals surface area contributed by atoms with Gasteiger partial charge in [-0.1, -0.05) is 0 Å². The number of carbonyl (C=O) groups excluding carboxylic acids is 2. The molecule has 120 valence electrons. The Balaban J connectivity index is 4.32. The minimum absolute atomic E-state index is 0.279. The van der Waals surface area contributed by atoms with Gasteiger partial charge in [-0.05, 0) is 0 Å². The molecule has 0 bridgehead atoms. The van der Waals surface area contributed by atoms with Crippen LogP contribution in [0.3, 0.4) is 0 Å². The third kappa shape index (κ3) is 8.42. The number of carbonyl (C=O) groups is 4. The Morgan fingerprint density at radius 1 is 1.24 bits per heavy atom. The van der Waals surface area contributed by atoms with E-state index in [9.17, 15) is 19.2 Å². The number of carboxylic acid groups (broad SMARTS) is 2. The van der Waals surface area contributed by atoms with Gasteiger partial charge in [-0.15, -0.1) is 0 Å². The van der Waals surface area contributed by atoms with Gasteiger partial charge < -0.3 is 30.5 Å². The van der Waals surface area contributed by atoms with Crippen molar-refractivity contribution in [2.45, 2.75) is 12.5 Å². The largest absolute Gasteiger partial charge is 0.481 e. The van der Waals surface area contributed by atoms with Crippen LogP contribution in [-0.2, 0) is 19.1 Å². The van der Waals surface area contributed by atoms with Crippen LogP contribution in [0.15, 0.2) is 0 Å². The number of ether oxygens (including phenoxy) is 1. The Hall–Kier alpha value is -2.36. The van der Waals surface area contributed by atoms with Crippen LogP contribution < -0.4 is 10.6 Å². The molecule has 0 aliphatic heterocycles. The highest BCUT2D eigenvalue weighted by molar-refractivity contribution is 5.88. The first-order valence-electron chi connectivity index (χ1n) is 5.99. The molecule has 0 aliphatic rings. The molecule has 0 aromatic rings. The van der Waals surface area contributed by atoms with E-state index in [1.165, 1.54) is 14.2 Å². The van der Waals surface area contributed by atoms with Gasteiger partial charge in [0, 0.05) is 20.7 Å². The number of hydrogen-bond acceptors (Lipinski definition) is 5. The molecule has 0 unspecified atom stereocenters. The molecule has 0 rings (SSSR count). The van der Waals surface area contributed by atoms with Gasteiger partial charge in [0.15, 0.2) is 0 Å². The highest BCUT2D eigenvalue weighted by atomic mass is 16.5. The molecule has 0 aliphatic carbocycles. The van der Waals surface area contributed by atoms with Crippen molar-refractivity contribution in [1.82, 2.24) is 15.5 Å². The van der Waals surface area contributed by atoms with Crippen LogP contribution in [-0.4, -0.2) is 78.9 Å². The number of nitrogens with zero attached hydrogens (tertiary/aromatic N) is 1. The average Bonchev–Trinajstić information content (AvgIpc) is 2.37. The molecule has 0 radical (unpaired) electrons. The molecule has 0 fully saturated rings. The third-order valence-corrected chi connectivity index (χ3v) is 2.33. The first-order chi connectivity index (χ1) is 9.77. The molecule has 0 aromatic carbocycles. The number of nitrogens with one attached hydrogen (secondary N) is 2. The number of rotatable bonds is 9. The maximum Gasteiger partial charge on any atom is 0.326 e. The molecule has 0 heterocycles. The second-order valence-electron chi connectivity index (χ2n) is 4.14. The fraction of sp³-hybridized carbons (Fsp3) is 0.636. The SMILES string of the molecule is COCCNC(=O)CN(C)C(=O)N[C@H](CC(=O)O)C(=O)O. The first-order valence-corrected chi connectivity index (χ1v) is 5.99. The summed E-state index contributed by atoms with van der Waals surface area (Å²) in [4.78, 5) is 45.3. The predicted molar refractivity (Wildman–Crippen MR) is 69.7 cm³/mol. The fourth-order valence-electron chi connectivity index (χ4n) is 1.27. The maximum absolute atomic E-state index is 11.7. The standard InChI is InChI=1S/C11H19N3O7/c1-14(6-8(15)12-3-4-21-2)11(20)13-7(10(18)19)5-9(16)17/h7H,3-6H2,1-2H3,(H,12,15)(H,13,20)(H,16,17)(H,18,19)/t7-/m1/s1. The Morgan fingerprint density at radius 3 is 2.33 bits per heavy atom. The van der Waals surface area contributed by atoms with E-state index >= 15 is 0 Å². The zero-order chi connectivity index (χ0) is 16.4. The molecule has 21 heavy (non-hydrogen) atoms. The van der Waals surface area contributed by atoms with Crippen LogP contribution in [0.2, 0.25) is 0 Å². The second-order valence-corrected chi connectivity index (χ2v) is 4.14. The van der Waals surface area contributed by atoms with Crippen molar-refractivity contribution in [3.8, 4) is 0 Å². The molecule has 0 saturated heterocycles. The average molecular weight is 305 g/mol. The summed E-state index contributed by atoms with van der Waals surface area (Å²) in [6, 6.07) is -2.42. The lowest BCUT2D eigenvalue weighted by Crippen LogP contribution is -2.49. The summed E-state index contributed by atoms with van der Waals surface area (Å²) >= 11 is 0. The van der Waals surface area contributed by atoms with Gasteiger partial charge in [0.05, 0.1) is 13.0 Å². The van der Waals surface area contributed by atoms with Crippen molar-refractivity contribution >= 4 is 23.9 Å². The van der Waals surface area contributed by atoms with Crippen LogP contribution >= 0.6 is 0 Å². The summed E-state index contributed by atoms with van der Waals surface area (Å²) in [6.45, 7) is 0.303. The van der Waals surface area contributed by atoms with Crippen molar-refractivity contribution in [2.24, 2.45) is 0 Å². The maximum atomic E-state index is 11.7. The Labute approximate surface area is 121 Å². The Morgan fingerprint density at radius 2 is 1.86 bits per heavy atom. The molecule has 1 atom stereocenters. The fourth-order valence-corrected chi connectivity index (χ4v) is 1.27. The van der Waals surface area contributed by atoms with Gasteiger partial charge in [0.1, 0.15) is 12.6 Å². The smallest absolute Gasteiger partial charge is 0.326 e. The van der Waals surface area contributed by atoms with E-state index in [4.69, 9.17) is 14.9 Å². The van der Waals surface area contributed by atoms with Crippen LogP contribution in [0, 0.1) is 0 Å².